The summed E-state index contributed by atoms with van der Waals surface area (Å²) in [6, 6.07) is -0.291. The fourth-order valence-electron chi connectivity index (χ4n) is 2.09. The third kappa shape index (κ3) is 4.80. The first-order valence-corrected chi connectivity index (χ1v) is 7.53. The number of sulfonamides is 1. The van der Waals surface area contributed by atoms with E-state index in [2.05, 4.69) is 4.72 Å². The number of hydrogen-bond donors (Lipinski definition) is 2. The topological polar surface area (TPSA) is 66.4 Å². The zero-order chi connectivity index (χ0) is 12.4. The molecule has 1 rings (SSSR count). The first-order chi connectivity index (χ1) is 7.20. The Hall–Kier alpha value is -0.130. The molecule has 0 radical (unpaired) electrons. The van der Waals surface area contributed by atoms with Gasteiger partial charge in [-0.1, -0.05) is 33.6 Å². The van der Waals surface area contributed by atoms with Gasteiger partial charge in [-0.2, -0.15) is 0 Å². The van der Waals surface area contributed by atoms with Crippen molar-refractivity contribution in [2.45, 2.75) is 58.6 Å². The second-order valence-corrected chi connectivity index (χ2v) is 7.65. The van der Waals surface area contributed by atoms with E-state index < -0.39 is 16.1 Å². The molecule has 0 aromatic carbocycles. The minimum atomic E-state index is -3.28. The zero-order valence-electron chi connectivity index (χ0n) is 10.4. The maximum absolute atomic E-state index is 11.8. The number of hydrogen-bond acceptors (Lipinski definition) is 3. The van der Waals surface area contributed by atoms with E-state index in [1.54, 1.807) is 0 Å². The molecule has 1 saturated carbocycles. The van der Waals surface area contributed by atoms with Gasteiger partial charge in [0, 0.05) is 6.04 Å². The van der Waals surface area contributed by atoms with Gasteiger partial charge < -0.3 is 5.11 Å². The molecule has 0 amide bonds. The van der Waals surface area contributed by atoms with Gasteiger partial charge >= 0.3 is 0 Å². The van der Waals surface area contributed by atoms with Gasteiger partial charge in [-0.15, -0.1) is 0 Å². The van der Waals surface area contributed by atoms with Gasteiger partial charge in [-0.25, -0.2) is 13.1 Å². The maximum Gasteiger partial charge on any atom is 0.212 e. The third-order valence-corrected chi connectivity index (χ3v) is 4.59. The average molecular weight is 249 g/mol. The Labute approximate surface area is 98.5 Å². The standard InChI is InChI=1S/C11H23NO3S/c1-11(2,3)8-16(14,15)12-9-6-4-5-7-10(9)13/h9-10,12-13H,4-8H2,1-3H3/t9-,10-/m0/s1. The minimum absolute atomic E-state index is 0.100. The van der Waals surface area contributed by atoms with Crippen molar-refractivity contribution >= 4 is 10.0 Å². The van der Waals surface area contributed by atoms with Crippen molar-refractivity contribution < 1.29 is 13.5 Å². The first-order valence-electron chi connectivity index (χ1n) is 5.88. The molecule has 0 saturated heterocycles. The van der Waals surface area contributed by atoms with Crippen molar-refractivity contribution in [2.75, 3.05) is 5.75 Å². The van der Waals surface area contributed by atoms with Crippen LogP contribution in [0.5, 0.6) is 0 Å². The van der Waals surface area contributed by atoms with Crippen LogP contribution < -0.4 is 4.72 Å². The lowest BCUT2D eigenvalue weighted by molar-refractivity contribution is 0.101. The van der Waals surface area contributed by atoms with Gasteiger partial charge in [-0.3, -0.25) is 0 Å². The fraction of sp³-hybridized carbons (Fsp3) is 1.00. The smallest absolute Gasteiger partial charge is 0.212 e. The zero-order valence-corrected chi connectivity index (χ0v) is 11.2. The van der Waals surface area contributed by atoms with Crippen molar-refractivity contribution in [3.8, 4) is 0 Å². The van der Waals surface area contributed by atoms with Gasteiger partial charge in [0.1, 0.15) is 0 Å². The second kappa shape index (κ2) is 5.02. The summed E-state index contributed by atoms with van der Waals surface area (Å²) in [6.45, 7) is 5.68. The van der Waals surface area contributed by atoms with Crippen molar-refractivity contribution in [3.05, 3.63) is 0 Å². The lowest BCUT2D eigenvalue weighted by Gasteiger charge is -2.29. The van der Waals surface area contributed by atoms with E-state index in [1.165, 1.54) is 0 Å². The Bertz CT molecular complexity index is 319. The lowest BCUT2D eigenvalue weighted by atomic mass is 9.93. The Kier molecular flexibility index (Phi) is 4.37. The molecule has 4 nitrogen and oxygen atoms in total. The van der Waals surface area contributed by atoms with Crippen molar-refractivity contribution in [2.24, 2.45) is 5.41 Å². The molecule has 1 aliphatic carbocycles. The summed E-state index contributed by atoms with van der Waals surface area (Å²) in [6.07, 6.45) is 2.88. The van der Waals surface area contributed by atoms with Crippen LogP contribution in [0.2, 0.25) is 0 Å². The van der Waals surface area contributed by atoms with Crippen molar-refractivity contribution in [3.63, 3.8) is 0 Å². The van der Waals surface area contributed by atoms with E-state index in [4.69, 9.17) is 0 Å². The predicted molar refractivity (Wildman–Crippen MR) is 64.6 cm³/mol. The minimum Gasteiger partial charge on any atom is -0.391 e. The molecule has 2 N–H and O–H groups in total. The van der Waals surface area contributed by atoms with Gasteiger partial charge in [0.05, 0.1) is 11.9 Å². The summed E-state index contributed by atoms with van der Waals surface area (Å²) in [7, 11) is -3.28. The molecule has 1 fully saturated rings. The Morgan fingerprint density at radius 3 is 2.31 bits per heavy atom. The third-order valence-electron chi connectivity index (χ3n) is 2.68. The highest BCUT2D eigenvalue weighted by atomic mass is 32.2. The number of aliphatic hydroxyl groups is 1. The van der Waals surface area contributed by atoms with E-state index in [0.29, 0.717) is 6.42 Å². The molecule has 0 aliphatic heterocycles. The maximum atomic E-state index is 11.8. The highest BCUT2D eigenvalue weighted by Crippen LogP contribution is 2.21. The van der Waals surface area contributed by atoms with Crippen molar-refractivity contribution in [1.29, 1.82) is 0 Å². The molecule has 16 heavy (non-hydrogen) atoms. The molecule has 5 heteroatoms. The normalized spacial score (nSPS) is 28.0. The van der Waals surface area contributed by atoms with Crippen LogP contribution in [0.1, 0.15) is 46.5 Å². The second-order valence-electron chi connectivity index (χ2n) is 5.90. The van der Waals surface area contributed by atoms with Crippen LogP contribution in [0.25, 0.3) is 0 Å². The van der Waals surface area contributed by atoms with Gasteiger partial charge in [-0.05, 0) is 18.3 Å². The van der Waals surface area contributed by atoms with Gasteiger partial charge in [0.25, 0.3) is 0 Å². The Morgan fingerprint density at radius 2 is 1.81 bits per heavy atom. The van der Waals surface area contributed by atoms with E-state index in [1.807, 2.05) is 20.8 Å². The average Bonchev–Trinajstić information content (AvgIpc) is 2.04. The quantitative estimate of drug-likeness (QED) is 0.791. The van der Waals surface area contributed by atoms with Crippen LogP contribution in [-0.4, -0.2) is 31.4 Å². The summed E-state index contributed by atoms with van der Waals surface area (Å²) in [5.41, 5.74) is -0.258. The fourth-order valence-corrected chi connectivity index (χ4v) is 4.05. The molecule has 0 unspecified atom stereocenters. The number of nitrogens with one attached hydrogen (secondary N) is 1. The molecule has 0 aromatic rings. The number of rotatable bonds is 3. The summed E-state index contributed by atoms with van der Waals surface area (Å²) in [4.78, 5) is 0. The molecule has 0 aromatic heterocycles. The van der Waals surface area contributed by atoms with E-state index >= 15 is 0 Å². The summed E-state index contributed by atoms with van der Waals surface area (Å²) in [5, 5.41) is 9.70. The van der Waals surface area contributed by atoms with E-state index in [9.17, 15) is 13.5 Å². The highest BCUT2D eigenvalue weighted by Gasteiger charge is 2.29. The van der Waals surface area contributed by atoms with Gasteiger partial charge in [0.15, 0.2) is 0 Å². The van der Waals surface area contributed by atoms with Gasteiger partial charge in [0.2, 0.25) is 10.0 Å². The molecular formula is C11H23NO3S. The lowest BCUT2D eigenvalue weighted by Crippen LogP contribution is -2.47. The van der Waals surface area contributed by atoms with Crippen molar-refractivity contribution in [1.82, 2.24) is 4.72 Å². The first kappa shape index (κ1) is 13.9. The predicted octanol–water partition coefficient (Wildman–Crippen LogP) is 1.26. The molecule has 0 bridgehead atoms. The summed E-state index contributed by atoms with van der Waals surface area (Å²) in [5.74, 6) is 0.100. The van der Waals surface area contributed by atoms with Crippen LogP contribution in [0.15, 0.2) is 0 Å². The van der Waals surface area contributed by atoms with Crippen LogP contribution in [-0.2, 0) is 10.0 Å². The van der Waals surface area contributed by atoms with Crippen LogP contribution >= 0.6 is 0 Å². The SMILES string of the molecule is CC(C)(C)CS(=O)(=O)N[C@H]1CCCC[C@@H]1O. The molecule has 1 aliphatic rings. The summed E-state index contributed by atoms with van der Waals surface area (Å²) < 4.78 is 26.3. The molecular weight excluding hydrogens is 226 g/mol. The monoisotopic (exact) mass is 249 g/mol. The molecule has 96 valence electrons. The number of aliphatic hydroxyl groups excluding tert-OH is 1. The Morgan fingerprint density at radius 1 is 1.25 bits per heavy atom. The van der Waals surface area contributed by atoms with Crippen LogP contribution in [0, 0.1) is 5.41 Å². The molecule has 0 heterocycles. The summed E-state index contributed by atoms with van der Waals surface area (Å²) >= 11 is 0. The largest absolute Gasteiger partial charge is 0.391 e. The molecule has 0 spiro atoms. The highest BCUT2D eigenvalue weighted by molar-refractivity contribution is 7.89. The molecule has 2 atom stereocenters. The van der Waals surface area contributed by atoms with Crippen LogP contribution in [0.3, 0.4) is 0 Å². The van der Waals surface area contributed by atoms with E-state index in [-0.39, 0.29) is 17.2 Å². The van der Waals surface area contributed by atoms with Crippen LogP contribution in [0.4, 0.5) is 0 Å². The Balaban J connectivity index is 2.58. The van der Waals surface area contributed by atoms with E-state index in [0.717, 1.165) is 19.3 Å².